The number of carbonyl (C=O) groups excluding carboxylic acids is 1. The van der Waals surface area contributed by atoms with Crippen LogP contribution in [-0.4, -0.2) is 54.3 Å². The third-order valence-corrected chi connectivity index (χ3v) is 5.48. The first-order valence-electron chi connectivity index (χ1n) is 9.01. The molecule has 1 amide bonds. The molecule has 7 nitrogen and oxygen atoms in total. The molecule has 1 unspecified atom stereocenters. The van der Waals surface area contributed by atoms with Gasteiger partial charge in [-0.3, -0.25) is 4.79 Å². The molecule has 25 heavy (non-hydrogen) atoms. The first-order valence-corrected chi connectivity index (χ1v) is 9.01. The molecule has 2 saturated heterocycles. The fourth-order valence-electron chi connectivity index (χ4n) is 3.74. The Kier molecular flexibility index (Phi) is 4.97. The summed E-state index contributed by atoms with van der Waals surface area (Å²) >= 11 is 0. The molecule has 0 spiro atoms. The summed E-state index contributed by atoms with van der Waals surface area (Å²) in [6, 6.07) is 0.870. The average molecular weight is 347 g/mol. The number of aromatic nitrogens is 2. The van der Waals surface area contributed by atoms with Crippen molar-refractivity contribution in [2.24, 2.45) is 11.1 Å². The van der Waals surface area contributed by atoms with Crippen LogP contribution >= 0.6 is 0 Å². The van der Waals surface area contributed by atoms with E-state index in [9.17, 15) is 4.79 Å². The molecule has 0 aliphatic carbocycles. The van der Waals surface area contributed by atoms with Crippen LogP contribution in [0.2, 0.25) is 0 Å². The van der Waals surface area contributed by atoms with Gasteiger partial charge in [0.1, 0.15) is 5.82 Å². The number of aryl methyl sites for hydroxylation is 1. The third-order valence-electron chi connectivity index (χ3n) is 5.48. The second-order valence-electron chi connectivity index (χ2n) is 7.93. The van der Waals surface area contributed by atoms with Gasteiger partial charge < -0.3 is 20.7 Å². The summed E-state index contributed by atoms with van der Waals surface area (Å²) in [6.45, 7) is 11.8. The predicted molar refractivity (Wildman–Crippen MR) is 96.8 cm³/mol. The maximum absolute atomic E-state index is 11.5. The van der Waals surface area contributed by atoms with Crippen LogP contribution in [0.3, 0.4) is 0 Å². The molecule has 7 heteroatoms. The number of ether oxygens (including phenoxy) is 1. The fourth-order valence-corrected chi connectivity index (χ4v) is 3.74. The highest BCUT2D eigenvalue weighted by molar-refractivity contribution is 5.89. The summed E-state index contributed by atoms with van der Waals surface area (Å²) in [4.78, 5) is 22.3. The van der Waals surface area contributed by atoms with Crippen molar-refractivity contribution in [1.29, 1.82) is 0 Å². The second-order valence-corrected chi connectivity index (χ2v) is 7.93. The van der Waals surface area contributed by atoms with Crippen molar-refractivity contribution in [1.82, 2.24) is 15.3 Å². The van der Waals surface area contributed by atoms with Crippen LogP contribution in [-0.2, 0) is 4.74 Å². The lowest BCUT2D eigenvalue weighted by atomic mass is 9.81. The summed E-state index contributed by atoms with van der Waals surface area (Å²) in [7, 11) is 0. The molecule has 3 rings (SSSR count). The topological polar surface area (TPSA) is 93.4 Å². The zero-order valence-electron chi connectivity index (χ0n) is 15.6. The molecule has 0 bridgehead atoms. The Balaban J connectivity index is 1.72. The normalized spacial score (nSPS) is 26.0. The van der Waals surface area contributed by atoms with Gasteiger partial charge >= 0.3 is 0 Å². The predicted octanol–water partition coefficient (Wildman–Crippen LogP) is 1.18. The summed E-state index contributed by atoms with van der Waals surface area (Å²) < 4.78 is 5.62. The number of amides is 1. The molecule has 2 aliphatic rings. The van der Waals surface area contributed by atoms with Gasteiger partial charge in [0.25, 0.3) is 5.91 Å². The van der Waals surface area contributed by atoms with Gasteiger partial charge in [-0.15, -0.1) is 0 Å². The lowest BCUT2D eigenvalue weighted by Crippen LogP contribution is -2.52. The van der Waals surface area contributed by atoms with Crippen LogP contribution in [0.1, 0.15) is 48.6 Å². The lowest BCUT2D eigenvalue weighted by molar-refractivity contribution is -0.0156. The van der Waals surface area contributed by atoms with E-state index in [4.69, 9.17) is 10.5 Å². The van der Waals surface area contributed by atoms with E-state index in [0.29, 0.717) is 12.1 Å². The van der Waals surface area contributed by atoms with Crippen molar-refractivity contribution >= 4 is 11.7 Å². The monoisotopic (exact) mass is 347 g/mol. The van der Waals surface area contributed by atoms with Gasteiger partial charge in [-0.1, -0.05) is 13.8 Å². The molecule has 138 valence electrons. The maximum Gasteiger partial charge on any atom is 0.286 e. The highest BCUT2D eigenvalue weighted by Gasteiger charge is 2.36. The first-order chi connectivity index (χ1) is 11.8. The zero-order chi connectivity index (χ0) is 18.2. The van der Waals surface area contributed by atoms with Crippen LogP contribution in [0.5, 0.6) is 0 Å². The number of rotatable bonds is 4. The van der Waals surface area contributed by atoms with E-state index < -0.39 is 5.91 Å². The van der Waals surface area contributed by atoms with E-state index in [1.165, 1.54) is 0 Å². The molecule has 0 radical (unpaired) electrons. The van der Waals surface area contributed by atoms with E-state index in [-0.39, 0.29) is 11.2 Å². The van der Waals surface area contributed by atoms with Crippen molar-refractivity contribution in [2.45, 2.75) is 52.6 Å². The second kappa shape index (κ2) is 6.88. The SMILES string of the molecule is Cc1nc(C(N)=O)nc(N2CC[C@@H](NC3CCOCC3(C)C)C2)c1C. The van der Waals surface area contributed by atoms with E-state index in [0.717, 1.165) is 56.2 Å². The molecular formula is C18H29N5O2. The molecule has 2 atom stereocenters. The number of primary amides is 1. The van der Waals surface area contributed by atoms with Gasteiger partial charge in [-0.2, -0.15) is 0 Å². The Morgan fingerprint density at radius 2 is 2.08 bits per heavy atom. The van der Waals surface area contributed by atoms with Crippen molar-refractivity contribution in [3.63, 3.8) is 0 Å². The number of anilines is 1. The van der Waals surface area contributed by atoms with E-state index in [2.05, 4.69) is 34.0 Å². The highest BCUT2D eigenvalue weighted by Crippen LogP contribution is 2.30. The van der Waals surface area contributed by atoms with Crippen LogP contribution in [0.4, 0.5) is 5.82 Å². The van der Waals surface area contributed by atoms with E-state index in [1.807, 2.05) is 13.8 Å². The molecule has 3 N–H and O–H groups in total. The van der Waals surface area contributed by atoms with Gasteiger partial charge in [0.15, 0.2) is 0 Å². The lowest BCUT2D eigenvalue weighted by Gasteiger charge is -2.40. The molecule has 1 aromatic rings. The van der Waals surface area contributed by atoms with Crippen LogP contribution in [0.15, 0.2) is 0 Å². The number of nitrogens with zero attached hydrogens (tertiary/aromatic N) is 3. The maximum atomic E-state index is 11.5. The number of hydrogen-bond acceptors (Lipinski definition) is 6. The Morgan fingerprint density at radius 1 is 1.32 bits per heavy atom. The number of nitrogens with one attached hydrogen (secondary N) is 1. The third kappa shape index (κ3) is 3.77. The van der Waals surface area contributed by atoms with Gasteiger partial charge in [0, 0.05) is 48.5 Å². The van der Waals surface area contributed by atoms with Crippen LogP contribution in [0.25, 0.3) is 0 Å². The van der Waals surface area contributed by atoms with Crippen molar-refractivity contribution in [2.75, 3.05) is 31.2 Å². The molecule has 2 fully saturated rings. The number of carbonyl (C=O) groups is 1. The Bertz CT molecular complexity index is 661. The minimum Gasteiger partial charge on any atom is -0.381 e. The average Bonchev–Trinajstić information content (AvgIpc) is 3.00. The minimum absolute atomic E-state index is 0.0973. The first kappa shape index (κ1) is 18.1. The van der Waals surface area contributed by atoms with Crippen LogP contribution < -0.4 is 16.0 Å². The minimum atomic E-state index is -0.581. The van der Waals surface area contributed by atoms with E-state index >= 15 is 0 Å². The van der Waals surface area contributed by atoms with E-state index in [1.54, 1.807) is 0 Å². The number of hydrogen-bond donors (Lipinski definition) is 2. The van der Waals surface area contributed by atoms with Gasteiger partial charge in [0.05, 0.1) is 6.61 Å². The van der Waals surface area contributed by atoms with Gasteiger partial charge in [-0.25, -0.2) is 9.97 Å². The highest BCUT2D eigenvalue weighted by atomic mass is 16.5. The van der Waals surface area contributed by atoms with Gasteiger partial charge in [0.2, 0.25) is 5.82 Å². The smallest absolute Gasteiger partial charge is 0.286 e. The van der Waals surface area contributed by atoms with Crippen molar-refractivity contribution in [3.8, 4) is 0 Å². The van der Waals surface area contributed by atoms with Crippen molar-refractivity contribution in [3.05, 3.63) is 17.1 Å². The molecule has 0 aromatic carbocycles. The summed E-state index contributed by atoms with van der Waals surface area (Å²) in [6.07, 6.45) is 2.10. The summed E-state index contributed by atoms with van der Waals surface area (Å²) in [5.74, 6) is 0.346. The molecular weight excluding hydrogens is 318 g/mol. The Hall–Kier alpha value is -1.73. The van der Waals surface area contributed by atoms with Crippen LogP contribution in [0, 0.1) is 19.3 Å². The van der Waals surface area contributed by atoms with Gasteiger partial charge in [-0.05, 0) is 26.7 Å². The standard InChI is InChI=1S/C18H29N5O2/c1-11-12(2)20-16(15(19)24)22-17(11)23-7-5-13(9-23)21-14-6-8-25-10-18(14,3)4/h13-14,21H,5-10H2,1-4H3,(H2,19,24)/t13-,14?/m1/s1. The molecule has 2 aliphatic heterocycles. The zero-order valence-corrected chi connectivity index (χ0v) is 15.6. The fraction of sp³-hybridized carbons (Fsp3) is 0.722. The number of nitrogens with two attached hydrogens (primary N) is 1. The van der Waals surface area contributed by atoms with Crippen molar-refractivity contribution < 1.29 is 9.53 Å². The molecule has 1 aromatic heterocycles. The quantitative estimate of drug-likeness (QED) is 0.849. The Morgan fingerprint density at radius 3 is 2.76 bits per heavy atom. The molecule has 0 saturated carbocycles. The summed E-state index contributed by atoms with van der Waals surface area (Å²) in [5.41, 5.74) is 7.34. The summed E-state index contributed by atoms with van der Waals surface area (Å²) in [5, 5.41) is 3.82. The molecule has 3 heterocycles. The largest absolute Gasteiger partial charge is 0.381 e. The Labute approximate surface area is 149 Å².